The smallest absolute Gasteiger partial charge is 0.0645 e. The summed E-state index contributed by atoms with van der Waals surface area (Å²) in [5.74, 6) is 0. The van der Waals surface area contributed by atoms with Gasteiger partial charge in [0.05, 0.1) is 17.9 Å². The minimum absolute atomic E-state index is 0.0925. The first-order valence-electron chi connectivity index (χ1n) is 19.2. The molecule has 0 unspecified atom stereocenters. The summed E-state index contributed by atoms with van der Waals surface area (Å²) in [4.78, 5) is 1.75. The molecular formula is C48H34N2. The van der Waals surface area contributed by atoms with E-state index in [1.807, 2.05) is 91.0 Å². The van der Waals surface area contributed by atoms with Crippen molar-refractivity contribution in [3.05, 3.63) is 206 Å². The summed E-state index contributed by atoms with van der Waals surface area (Å²) in [5, 5.41) is 2.45. The van der Waals surface area contributed by atoms with Crippen molar-refractivity contribution in [2.45, 2.75) is 0 Å². The number of benzene rings is 8. The fourth-order valence-electron chi connectivity index (χ4n) is 6.96. The second kappa shape index (κ2) is 12.8. The summed E-state index contributed by atoms with van der Waals surface area (Å²) in [6.07, 6.45) is 0. The van der Waals surface area contributed by atoms with Gasteiger partial charge in [-0.15, -0.1) is 0 Å². The molecule has 9 rings (SSSR count). The van der Waals surface area contributed by atoms with Gasteiger partial charge in [0, 0.05) is 33.5 Å². The van der Waals surface area contributed by atoms with Gasteiger partial charge < -0.3 is 9.47 Å². The molecule has 0 saturated carbocycles. The van der Waals surface area contributed by atoms with Gasteiger partial charge in [-0.1, -0.05) is 146 Å². The van der Waals surface area contributed by atoms with E-state index < -0.39 is 6.04 Å². The first kappa shape index (κ1) is 24.5. The molecule has 0 N–H and O–H groups in total. The van der Waals surface area contributed by atoms with E-state index in [0.717, 1.165) is 39.1 Å². The first-order valence-corrected chi connectivity index (χ1v) is 16.7. The molecular weight excluding hydrogens is 605 g/mol. The molecule has 0 bridgehead atoms. The van der Waals surface area contributed by atoms with Crippen LogP contribution in [-0.2, 0) is 0 Å². The van der Waals surface area contributed by atoms with Crippen molar-refractivity contribution >= 4 is 38.9 Å². The second-order valence-electron chi connectivity index (χ2n) is 12.2. The Morgan fingerprint density at radius 2 is 0.800 bits per heavy atom. The van der Waals surface area contributed by atoms with Crippen LogP contribution in [0.15, 0.2) is 206 Å². The Morgan fingerprint density at radius 3 is 1.36 bits per heavy atom. The van der Waals surface area contributed by atoms with E-state index in [1.54, 1.807) is 4.90 Å². The number of fused-ring (bicyclic) bond motifs is 3. The molecule has 9 aromatic rings. The SMILES string of the molecule is [2H]c1c([2H])c([2H])c(N(c2ccc(-c3ccccc3)cc2)c2ccc(-c3ccccc3-c3ccc(-n4c5ccccc5c5ccccc54)cc3)cc2)c([2H])c1[2H]. The molecule has 0 fully saturated rings. The third-order valence-electron chi connectivity index (χ3n) is 9.32. The molecule has 0 aliphatic carbocycles. The quantitative estimate of drug-likeness (QED) is 0.168. The molecule has 0 atom stereocenters. The Hall–Kier alpha value is -6.64. The van der Waals surface area contributed by atoms with Gasteiger partial charge in [0.15, 0.2) is 0 Å². The maximum absolute atomic E-state index is 8.87. The monoisotopic (exact) mass is 643 g/mol. The Balaban J connectivity index is 1.10. The van der Waals surface area contributed by atoms with Gasteiger partial charge in [-0.3, -0.25) is 0 Å². The first-order chi connectivity index (χ1) is 26.9. The lowest BCUT2D eigenvalue weighted by Gasteiger charge is -2.26. The lowest BCUT2D eigenvalue weighted by atomic mass is 9.94. The third kappa shape index (κ3) is 5.34. The molecule has 0 aliphatic rings. The molecule has 8 aromatic carbocycles. The van der Waals surface area contributed by atoms with Crippen molar-refractivity contribution in [3.63, 3.8) is 0 Å². The highest BCUT2D eigenvalue weighted by Gasteiger charge is 2.15. The van der Waals surface area contributed by atoms with Crippen molar-refractivity contribution < 1.29 is 6.85 Å². The molecule has 2 heteroatoms. The van der Waals surface area contributed by atoms with E-state index in [0.29, 0.717) is 11.4 Å². The van der Waals surface area contributed by atoms with Gasteiger partial charge in [0.1, 0.15) is 0 Å². The van der Waals surface area contributed by atoms with Gasteiger partial charge in [-0.25, -0.2) is 0 Å². The zero-order valence-corrected chi connectivity index (χ0v) is 27.1. The van der Waals surface area contributed by atoms with Crippen molar-refractivity contribution in [1.82, 2.24) is 4.57 Å². The molecule has 2 nitrogen and oxygen atoms in total. The molecule has 1 aromatic heterocycles. The van der Waals surface area contributed by atoms with Crippen LogP contribution in [0.3, 0.4) is 0 Å². The normalized spacial score (nSPS) is 12.6. The minimum Gasteiger partial charge on any atom is -0.311 e. The van der Waals surface area contributed by atoms with Crippen LogP contribution in [0.5, 0.6) is 0 Å². The van der Waals surface area contributed by atoms with Gasteiger partial charge in [0.25, 0.3) is 0 Å². The van der Waals surface area contributed by atoms with Crippen molar-refractivity contribution in [2.75, 3.05) is 4.90 Å². The van der Waals surface area contributed by atoms with E-state index in [2.05, 4.69) is 89.5 Å². The zero-order chi connectivity index (χ0) is 37.6. The van der Waals surface area contributed by atoms with Crippen LogP contribution < -0.4 is 4.90 Å². The average Bonchev–Trinajstić information content (AvgIpc) is 3.59. The highest BCUT2D eigenvalue weighted by Crippen LogP contribution is 2.39. The van der Waals surface area contributed by atoms with Crippen LogP contribution >= 0.6 is 0 Å². The van der Waals surface area contributed by atoms with Crippen molar-refractivity contribution in [1.29, 1.82) is 0 Å². The van der Waals surface area contributed by atoms with Crippen LogP contribution in [0.2, 0.25) is 0 Å². The van der Waals surface area contributed by atoms with Gasteiger partial charge in [0.2, 0.25) is 0 Å². The lowest BCUT2D eigenvalue weighted by Crippen LogP contribution is -2.09. The summed E-state index contributed by atoms with van der Waals surface area (Å²) >= 11 is 0. The number of nitrogens with zero attached hydrogens (tertiary/aromatic N) is 2. The minimum atomic E-state index is -0.423. The lowest BCUT2D eigenvalue weighted by molar-refractivity contribution is 1.18. The Labute approximate surface area is 299 Å². The molecule has 0 amide bonds. The Kier molecular flexibility index (Phi) is 6.25. The second-order valence-corrected chi connectivity index (χ2v) is 12.2. The topological polar surface area (TPSA) is 8.17 Å². The highest BCUT2D eigenvalue weighted by molar-refractivity contribution is 6.09. The van der Waals surface area contributed by atoms with Crippen LogP contribution in [0, 0.1) is 0 Å². The largest absolute Gasteiger partial charge is 0.311 e. The number of rotatable bonds is 7. The van der Waals surface area contributed by atoms with Crippen molar-refractivity contribution in [2.24, 2.45) is 0 Å². The van der Waals surface area contributed by atoms with Gasteiger partial charge in [-0.2, -0.15) is 0 Å². The molecule has 0 aliphatic heterocycles. The number of aromatic nitrogens is 1. The van der Waals surface area contributed by atoms with E-state index in [9.17, 15) is 0 Å². The molecule has 1 heterocycles. The standard InChI is InChI=1S/C48H34N2/c1-3-13-35(14-4-1)36-23-29-40(30-24-36)49(39-15-5-2-6-16-39)41-31-25-37(26-32-41)43-17-7-8-18-44(43)38-27-33-42(34-28-38)50-47-21-11-9-19-45(47)46-20-10-12-22-48(46)50/h1-34H/i2D,5D,6D,15D,16D. The number of hydrogen-bond donors (Lipinski definition) is 0. The fraction of sp³-hybridized carbons (Fsp3) is 0. The maximum atomic E-state index is 8.87. The van der Waals surface area contributed by atoms with E-state index in [4.69, 9.17) is 6.85 Å². The molecule has 50 heavy (non-hydrogen) atoms. The summed E-state index contributed by atoms with van der Waals surface area (Å²) in [6, 6.07) is 58.2. The summed E-state index contributed by atoms with van der Waals surface area (Å²) in [7, 11) is 0. The maximum Gasteiger partial charge on any atom is 0.0645 e. The fourth-order valence-corrected chi connectivity index (χ4v) is 6.96. The summed E-state index contributed by atoms with van der Waals surface area (Å²) < 4.78 is 45.1. The van der Waals surface area contributed by atoms with Crippen LogP contribution in [0.1, 0.15) is 6.85 Å². The third-order valence-corrected chi connectivity index (χ3v) is 9.32. The Bertz CT molecular complexity index is 2760. The van der Waals surface area contributed by atoms with Crippen LogP contribution in [0.25, 0.3) is 60.9 Å². The molecule has 0 saturated heterocycles. The number of hydrogen-bond acceptors (Lipinski definition) is 1. The van der Waals surface area contributed by atoms with Gasteiger partial charge >= 0.3 is 0 Å². The van der Waals surface area contributed by atoms with Crippen LogP contribution in [0.4, 0.5) is 17.1 Å². The number of anilines is 3. The van der Waals surface area contributed by atoms with E-state index in [1.165, 1.54) is 21.8 Å². The number of para-hydroxylation sites is 3. The zero-order valence-electron chi connectivity index (χ0n) is 32.1. The predicted octanol–water partition coefficient (Wildman–Crippen LogP) is 13.3. The Morgan fingerprint density at radius 1 is 0.360 bits per heavy atom. The van der Waals surface area contributed by atoms with Crippen LogP contribution in [-0.4, -0.2) is 4.57 Å². The van der Waals surface area contributed by atoms with E-state index in [-0.39, 0.29) is 29.9 Å². The highest BCUT2D eigenvalue weighted by atomic mass is 15.1. The molecule has 236 valence electrons. The van der Waals surface area contributed by atoms with Crippen molar-refractivity contribution in [3.8, 4) is 39.1 Å². The van der Waals surface area contributed by atoms with Gasteiger partial charge in [-0.05, 0) is 94.0 Å². The molecule has 0 radical (unpaired) electrons. The molecule has 0 spiro atoms. The summed E-state index contributed by atoms with van der Waals surface area (Å²) in [5.41, 5.74) is 11.2. The summed E-state index contributed by atoms with van der Waals surface area (Å²) in [6.45, 7) is 0. The average molecular weight is 644 g/mol. The predicted molar refractivity (Wildman–Crippen MR) is 212 cm³/mol. The van der Waals surface area contributed by atoms with E-state index >= 15 is 0 Å².